The molecule has 158 valence electrons. The lowest BCUT2D eigenvalue weighted by Crippen LogP contribution is -2.32. The molecule has 0 atom stereocenters. The summed E-state index contributed by atoms with van der Waals surface area (Å²) in [6.45, 7) is 2.29. The monoisotopic (exact) mass is 417 g/mol. The minimum atomic E-state index is -0.127. The van der Waals surface area contributed by atoms with Gasteiger partial charge in [0, 0.05) is 30.4 Å². The number of nitrogens with one attached hydrogen (secondary N) is 1. The molecule has 3 N–H and O–H groups in total. The zero-order valence-electron chi connectivity index (χ0n) is 17.3. The highest BCUT2D eigenvalue weighted by Gasteiger charge is 2.14. The highest BCUT2D eigenvalue weighted by atomic mass is 16.4. The Morgan fingerprint density at radius 3 is 2.65 bits per heavy atom. The van der Waals surface area contributed by atoms with E-state index in [2.05, 4.69) is 15.3 Å². The third-order valence-electron chi connectivity index (χ3n) is 4.80. The van der Waals surface area contributed by atoms with E-state index >= 15 is 0 Å². The highest BCUT2D eigenvalue weighted by Crippen LogP contribution is 2.29. The first-order valence-electron chi connectivity index (χ1n) is 9.81. The first kappa shape index (κ1) is 20.4. The topological polar surface area (TPSA) is 110 Å². The van der Waals surface area contributed by atoms with Gasteiger partial charge in [0.05, 0.1) is 18.4 Å². The fraction of sp³-hybridized carbons (Fsp3) is 0.174. The number of hydrogen-bond donors (Lipinski definition) is 2. The standard InChI is InChI=1S/C23H23N5O3/c1-15-14-30-22(26-15)16-7-9-18(10-8-16)27-23-25-12-20(31-23)19-6-4-3-5-17(19)13-28(2)21(29)11-24/h3-10,12,14H,11,13,24H2,1-2H3,(H,25,27). The highest BCUT2D eigenvalue weighted by molar-refractivity contribution is 5.78. The number of amides is 1. The molecule has 1 amide bonds. The number of anilines is 2. The van der Waals surface area contributed by atoms with Crippen LogP contribution >= 0.6 is 0 Å². The minimum Gasteiger partial charge on any atom is -0.444 e. The molecule has 4 aromatic rings. The Bertz CT molecular complexity index is 1180. The first-order chi connectivity index (χ1) is 15.0. The quantitative estimate of drug-likeness (QED) is 0.468. The summed E-state index contributed by atoms with van der Waals surface area (Å²) in [6, 6.07) is 15.7. The van der Waals surface area contributed by atoms with Crippen molar-refractivity contribution in [2.45, 2.75) is 13.5 Å². The van der Waals surface area contributed by atoms with Gasteiger partial charge in [-0.1, -0.05) is 24.3 Å². The van der Waals surface area contributed by atoms with Crippen LogP contribution in [0.5, 0.6) is 0 Å². The molecular formula is C23H23N5O3. The van der Waals surface area contributed by atoms with E-state index in [4.69, 9.17) is 14.6 Å². The Balaban J connectivity index is 1.49. The summed E-state index contributed by atoms with van der Waals surface area (Å²) in [4.78, 5) is 22.1. The summed E-state index contributed by atoms with van der Waals surface area (Å²) in [5.74, 6) is 1.06. The number of nitrogens with two attached hydrogens (primary N) is 1. The zero-order chi connectivity index (χ0) is 21.8. The Hall–Kier alpha value is -3.91. The van der Waals surface area contributed by atoms with Gasteiger partial charge in [0.25, 0.3) is 6.01 Å². The Morgan fingerprint density at radius 1 is 1.16 bits per heavy atom. The lowest BCUT2D eigenvalue weighted by molar-refractivity contribution is -0.128. The van der Waals surface area contributed by atoms with Gasteiger partial charge < -0.3 is 24.8 Å². The van der Waals surface area contributed by atoms with Gasteiger partial charge in [0.15, 0.2) is 5.76 Å². The first-order valence-corrected chi connectivity index (χ1v) is 9.81. The molecule has 8 heteroatoms. The number of aromatic nitrogens is 2. The van der Waals surface area contributed by atoms with E-state index in [1.165, 1.54) is 0 Å². The van der Waals surface area contributed by atoms with Gasteiger partial charge in [-0.2, -0.15) is 0 Å². The summed E-state index contributed by atoms with van der Waals surface area (Å²) >= 11 is 0. The summed E-state index contributed by atoms with van der Waals surface area (Å²) in [7, 11) is 1.72. The molecule has 0 bridgehead atoms. The molecule has 2 heterocycles. The van der Waals surface area contributed by atoms with Crippen molar-refractivity contribution >= 4 is 17.6 Å². The average Bonchev–Trinajstić information content (AvgIpc) is 3.43. The van der Waals surface area contributed by atoms with Crippen LogP contribution in [0.3, 0.4) is 0 Å². The van der Waals surface area contributed by atoms with E-state index in [0.29, 0.717) is 24.2 Å². The largest absolute Gasteiger partial charge is 0.444 e. The number of benzene rings is 2. The van der Waals surface area contributed by atoms with Crippen LogP contribution in [0.1, 0.15) is 11.3 Å². The predicted octanol–water partition coefficient (Wildman–Crippen LogP) is 3.97. The lowest BCUT2D eigenvalue weighted by atomic mass is 10.1. The smallest absolute Gasteiger partial charge is 0.299 e. The molecule has 0 saturated heterocycles. The number of carbonyl (C=O) groups excluding carboxylic acids is 1. The summed E-state index contributed by atoms with van der Waals surface area (Å²) in [5.41, 5.74) is 9.82. The van der Waals surface area contributed by atoms with Crippen molar-refractivity contribution in [3.63, 3.8) is 0 Å². The second-order valence-corrected chi connectivity index (χ2v) is 7.14. The van der Waals surface area contributed by atoms with Crippen molar-refractivity contribution in [2.75, 3.05) is 18.9 Å². The van der Waals surface area contributed by atoms with Crippen LogP contribution < -0.4 is 11.1 Å². The van der Waals surface area contributed by atoms with Crippen LogP contribution in [0.25, 0.3) is 22.8 Å². The SMILES string of the molecule is Cc1coc(-c2ccc(Nc3ncc(-c4ccccc4CN(C)C(=O)CN)o3)cc2)n1. The molecule has 0 aliphatic rings. The minimum absolute atomic E-state index is 0.0244. The maximum Gasteiger partial charge on any atom is 0.299 e. The Kier molecular flexibility index (Phi) is 5.81. The van der Waals surface area contributed by atoms with Crippen LogP contribution in [0.2, 0.25) is 0 Å². The van der Waals surface area contributed by atoms with E-state index in [0.717, 1.165) is 28.1 Å². The van der Waals surface area contributed by atoms with Gasteiger partial charge in [-0.3, -0.25) is 4.79 Å². The van der Waals surface area contributed by atoms with Gasteiger partial charge in [-0.15, -0.1) is 0 Å². The third-order valence-corrected chi connectivity index (χ3v) is 4.80. The maximum atomic E-state index is 11.8. The van der Waals surface area contributed by atoms with Gasteiger partial charge in [0.1, 0.15) is 6.26 Å². The molecular weight excluding hydrogens is 394 g/mol. The van der Waals surface area contributed by atoms with Gasteiger partial charge >= 0.3 is 0 Å². The molecule has 8 nitrogen and oxygen atoms in total. The second-order valence-electron chi connectivity index (χ2n) is 7.14. The van der Waals surface area contributed by atoms with Crippen molar-refractivity contribution in [1.82, 2.24) is 14.9 Å². The lowest BCUT2D eigenvalue weighted by Gasteiger charge is -2.17. The van der Waals surface area contributed by atoms with E-state index in [9.17, 15) is 4.79 Å². The molecule has 4 rings (SSSR count). The molecule has 0 fully saturated rings. The van der Waals surface area contributed by atoms with Crippen LogP contribution in [-0.4, -0.2) is 34.4 Å². The van der Waals surface area contributed by atoms with Crippen molar-refractivity contribution in [3.05, 3.63) is 72.2 Å². The predicted molar refractivity (Wildman–Crippen MR) is 117 cm³/mol. The number of aryl methyl sites for hydroxylation is 1. The van der Waals surface area contributed by atoms with Crippen LogP contribution in [0.15, 0.2) is 69.8 Å². The number of nitrogens with zero attached hydrogens (tertiary/aromatic N) is 3. The van der Waals surface area contributed by atoms with Crippen LogP contribution in [0, 0.1) is 6.92 Å². The fourth-order valence-corrected chi connectivity index (χ4v) is 3.16. The number of likely N-dealkylation sites (N-methyl/N-ethyl adjacent to an activating group) is 1. The summed E-state index contributed by atoms with van der Waals surface area (Å²) < 4.78 is 11.3. The molecule has 31 heavy (non-hydrogen) atoms. The van der Waals surface area contributed by atoms with Crippen LogP contribution in [-0.2, 0) is 11.3 Å². The third kappa shape index (κ3) is 4.65. The molecule has 0 radical (unpaired) electrons. The van der Waals surface area contributed by atoms with E-state index in [1.54, 1.807) is 24.4 Å². The molecule has 2 aromatic carbocycles. The van der Waals surface area contributed by atoms with Gasteiger partial charge in [-0.25, -0.2) is 9.97 Å². The number of oxazole rings is 2. The van der Waals surface area contributed by atoms with Crippen molar-refractivity contribution in [1.29, 1.82) is 0 Å². The molecule has 0 aliphatic heterocycles. The zero-order valence-corrected chi connectivity index (χ0v) is 17.3. The van der Waals surface area contributed by atoms with Crippen molar-refractivity contribution < 1.29 is 13.6 Å². The molecule has 0 unspecified atom stereocenters. The maximum absolute atomic E-state index is 11.8. The average molecular weight is 417 g/mol. The Morgan fingerprint density at radius 2 is 1.94 bits per heavy atom. The molecule has 0 saturated carbocycles. The number of rotatable bonds is 7. The van der Waals surface area contributed by atoms with Gasteiger partial charge in [-0.05, 0) is 36.8 Å². The normalized spacial score (nSPS) is 10.8. The van der Waals surface area contributed by atoms with E-state index in [-0.39, 0.29) is 12.5 Å². The Labute approximate surface area is 179 Å². The summed E-state index contributed by atoms with van der Waals surface area (Å²) in [6.07, 6.45) is 3.28. The number of carbonyl (C=O) groups is 1. The van der Waals surface area contributed by atoms with E-state index in [1.807, 2.05) is 55.5 Å². The van der Waals surface area contributed by atoms with E-state index < -0.39 is 0 Å². The van der Waals surface area contributed by atoms with Crippen molar-refractivity contribution in [3.8, 4) is 22.8 Å². The van der Waals surface area contributed by atoms with Crippen LogP contribution in [0.4, 0.5) is 11.7 Å². The van der Waals surface area contributed by atoms with Gasteiger partial charge in [0.2, 0.25) is 11.8 Å². The molecule has 2 aromatic heterocycles. The second kappa shape index (κ2) is 8.85. The van der Waals surface area contributed by atoms with Crippen molar-refractivity contribution in [2.24, 2.45) is 5.73 Å². The summed E-state index contributed by atoms with van der Waals surface area (Å²) in [5, 5.41) is 3.16. The molecule has 0 aliphatic carbocycles. The fourth-order valence-electron chi connectivity index (χ4n) is 3.16. The number of hydrogen-bond acceptors (Lipinski definition) is 7. The molecule has 0 spiro atoms.